The van der Waals surface area contributed by atoms with Crippen molar-refractivity contribution in [1.29, 1.82) is 0 Å². The molecule has 1 saturated heterocycles. The second-order valence-electron chi connectivity index (χ2n) is 6.34. The van der Waals surface area contributed by atoms with Crippen molar-refractivity contribution >= 4 is 41.3 Å². The van der Waals surface area contributed by atoms with Crippen molar-refractivity contribution in [2.45, 2.75) is 51.6 Å². The van der Waals surface area contributed by atoms with E-state index in [1.807, 2.05) is 0 Å². The minimum atomic E-state index is -0.0568. The fraction of sp³-hybridized carbons (Fsp3) is 0.750. The van der Waals surface area contributed by atoms with Crippen molar-refractivity contribution in [1.82, 2.24) is 15.6 Å². The van der Waals surface area contributed by atoms with Gasteiger partial charge in [0.15, 0.2) is 5.96 Å². The molecule has 7 heteroatoms. The maximum Gasteiger partial charge on any atom is 0.191 e. The van der Waals surface area contributed by atoms with Crippen LogP contribution in [0.25, 0.3) is 0 Å². The normalized spacial score (nSPS) is 21.3. The minimum absolute atomic E-state index is 0. The number of nitrogens with zero attached hydrogens (tertiary/aromatic N) is 2. The molecule has 0 radical (unpaired) electrons. The molecule has 2 N–H and O–H groups in total. The monoisotopic (exact) mass is 452 g/mol. The highest BCUT2D eigenvalue weighted by Crippen LogP contribution is 2.23. The van der Waals surface area contributed by atoms with Crippen LogP contribution in [0.2, 0.25) is 0 Å². The zero-order valence-electron chi connectivity index (χ0n) is 14.5. The van der Waals surface area contributed by atoms with Gasteiger partial charge in [-0.3, -0.25) is 4.99 Å². The highest BCUT2D eigenvalue weighted by molar-refractivity contribution is 14.0. The first-order chi connectivity index (χ1) is 10.5. The third-order valence-electron chi connectivity index (χ3n) is 3.89. The van der Waals surface area contributed by atoms with E-state index in [0.29, 0.717) is 5.92 Å². The molecule has 0 spiro atoms. The third kappa shape index (κ3) is 6.54. The summed E-state index contributed by atoms with van der Waals surface area (Å²) in [7, 11) is 1.80. The fourth-order valence-electron chi connectivity index (χ4n) is 2.48. The maximum atomic E-state index is 5.78. The van der Waals surface area contributed by atoms with Gasteiger partial charge in [-0.25, -0.2) is 4.98 Å². The van der Waals surface area contributed by atoms with Gasteiger partial charge in [0.05, 0.1) is 16.3 Å². The summed E-state index contributed by atoms with van der Waals surface area (Å²) in [6.45, 7) is 9.01. The van der Waals surface area contributed by atoms with Gasteiger partial charge in [0, 0.05) is 44.5 Å². The molecule has 2 heterocycles. The van der Waals surface area contributed by atoms with E-state index < -0.39 is 0 Å². The Balaban J connectivity index is 0.00000264. The first-order valence-corrected chi connectivity index (χ1v) is 8.93. The summed E-state index contributed by atoms with van der Waals surface area (Å²) in [6, 6.07) is 0. The number of aliphatic imine (C=N–C) groups is 1. The molecule has 2 rings (SSSR count). The van der Waals surface area contributed by atoms with Gasteiger partial charge in [-0.05, 0) is 19.8 Å². The van der Waals surface area contributed by atoms with E-state index in [1.54, 1.807) is 18.4 Å². The molecule has 0 amide bonds. The van der Waals surface area contributed by atoms with Gasteiger partial charge < -0.3 is 15.4 Å². The molecule has 5 nitrogen and oxygen atoms in total. The van der Waals surface area contributed by atoms with Crippen LogP contribution in [0.4, 0.5) is 0 Å². The lowest BCUT2D eigenvalue weighted by atomic mass is 10.0. The SMILES string of the molecule is CN=C(NCCc1csc(C(C)C)n1)NCC1(C)CCCO1.I. The Morgan fingerprint density at radius 3 is 2.83 bits per heavy atom. The first-order valence-electron chi connectivity index (χ1n) is 8.05. The molecule has 1 aliphatic heterocycles. The number of guanidine groups is 1. The topological polar surface area (TPSA) is 58.5 Å². The quantitative estimate of drug-likeness (QED) is 0.396. The van der Waals surface area contributed by atoms with Crippen LogP contribution in [0.1, 0.15) is 50.2 Å². The first kappa shape index (κ1) is 20.6. The summed E-state index contributed by atoms with van der Waals surface area (Å²) in [5.74, 6) is 1.34. The number of aromatic nitrogens is 1. The number of nitrogens with one attached hydrogen (secondary N) is 2. The van der Waals surface area contributed by atoms with Gasteiger partial charge in [-0.1, -0.05) is 13.8 Å². The molecule has 1 aliphatic rings. The number of hydrogen-bond acceptors (Lipinski definition) is 4. The van der Waals surface area contributed by atoms with E-state index in [4.69, 9.17) is 4.74 Å². The van der Waals surface area contributed by atoms with E-state index in [2.05, 4.69) is 46.8 Å². The largest absolute Gasteiger partial charge is 0.373 e. The zero-order valence-corrected chi connectivity index (χ0v) is 17.7. The summed E-state index contributed by atoms with van der Waals surface area (Å²) in [5.41, 5.74) is 1.10. The Morgan fingerprint density at radius 1 is 1.48 bits per heavy atom. The van der Waals surface area contributed by atoms with Gasteiger partial charge in [-0.15, -0.1) is 35.3 Å². The number of thiazole rings is 1. The zero-order chi connectivity index (χ0) is 16.0. The molecule has 1 atom stereocenters. The number of hydrogen-bond donors (Lipinski definition) is 2. The molecular formula is C16H29IN4OS. The predicted molar refractivity (Wildman–Crippen MR) is 108 cm³/mol. The van der Waals surface area contributed by atoms with Crippen LogP contribution in [-0.4, -0.2) is 43.3 Å². The van der Waals surface area contributed by atoms with Crippen molar-refractivity contribution in [3.63, 3.8) is 0 Å². The van der Waals surface area contributed by atoms with Gasteiger partial charge in [0.25, 0.3) is 0 Å². The third-order valence-corrected chi connectivity index (χ3v) is 5.08. The van der Waals surface area contributed by atoms with Crippen LogP contribution in [0, 0.1) is 0 Å². The Labute approximate surface area is 160 Å². The van der Waals surface area contributed by atoms with Crippen LogP contribution in [-0.2, 0) is 11.2 Å². The van der Waals surface area contributed by atoms with Gasteiger partial charge in [0.1, 0.15) is 0 Å². The van der Waals surface area contributed by atoms with Crippen LogP contribution in [0.15, 0.2) is 10.4 Å². The number of rotatable bonds is 6. The van der Waals surface area contributed by atoms with E-state index in [9.17, 15) is 0 Å². The van der Waals surface area contributed by atoms with Crippen LogP contribution >= 0.6 is 35.3 Å². The fourth-order valence-corrected chi connectivity index (χ4v) is 3.35. The molecule has 0 bridgehead atoms. The van der Waals surface area contributed by atoms with Crippen molar-refractivity contribution in [3.8, 4) is 0 Å². The van der Waals surface area contributed by atoms with Crippen LogP contribution in [0.5, 0.6) is 0 Å². The molecule has 0 aliphatic carbocycles. The standard InChI is InChI=1S/C16H28N4OS.HI/c1-12(2)14-20-13(10-22-14)6-8-18-15(17-4)19-11-16(3)7-5-9-21-16;/h10,12H,5-9,11H2,1-4H3,(H2,17,18,19);1H. The summed E-state index contributed by atoms with van der Waals surface area (Å²) >= 11 is 1.75. The van der Waals surface area contributed by atoms with E-state index >= 15 is 0 Å². The maximum absolute atomic E-state index is 5.78. The minimum Gasteiger partial charge on any atom is -0.373 e. The summed E-state index contributed by atoms with van der Waals surface area (Å²) in [6.07, 6.45) is 3.16. The molecular weight excluding hydrogens is 423 g/mol. The van der Waals surface area contributed by atoms with E-state index in [-0.39, 0.29) is 29.6 Å². The molecule has 1 aromatic rings. The highest BCUT2D eigenvalue weighted by atomic mass is 127. The Bertz CT molecular complexity index is 498. The number of ether oxygens (including phenoxy) is 1. The lowest BCUT2D eigenvalue weighted by Crippen LogP contribution is -2.45. The second-order valence-corrected chi connectivity index (χ2v) is 7.23. The van der Waals surface area contributed by atoms with E-state index in [1.165, 1.54) is 5.01 Å². The van der Waals surface area contributed by atoms with Crippen molar-refractivity contribution < 1.29 is 4.74 Å². The summed E-state index contributed by atoms with van der Waals surface area (Å²) in [4.78, 5) is 8.92. The Kier molecular flexibility index (Phi) is 8.78. The molecule has 132 valence electrons. The van der Waals surface area contributed by atoms with Crippen LogP contribution < -0.4 is 10.6 Å². The van der Waals surface area contributed by atoms with Crippen molar-refractivity contribution in [3.05, 3.63) is 16.1 Å². The Morgan fingerprint density at radius 2 is 2.26 bits per heavy atom. The lowest BCUT2D eigenvalue weighted by Gasteiger charge is -2.24. The number of halogens is 1. The van der Waals surface area contributed by atoms with E-state index in [0.717, 1.165) is 50.6 Å². The van der Waals surface area contributed by atoms with Crippen molar-refractivity contribution in [2.24, 2.45) is 4.99 Å². The predicted octanol–water partition coefficient (Wildman–Crippen LogP) is 3.16. The summed E-state index contributed by atoms with van der Waals surface area (Å²) < 4.78 is 5.78. The second kappa shape index (κ2) is 9.78. The molecule has 0 saturated carbocycles. The molecule has 1 aromatic heterocycles. The molecule has 1 fully saturated rings. The van der Waals surface area contributed by atoms with Gasteiger partial charge in [0.2, 0.25) is 0 Å². The van der Waals surface area contributed by atoms with Gasteiger partial charge in [-0.2, -0.15) is 0 Å². The smallest absolute Gasteiger partial charge is 0.191 e. The molecule has 0 aromatic carbocycles. The average molecular weight is 452 g/mol. The summed E-state index contributed by atoms with van der Waals surface area (Å²) in [5, 5.41) is 10.1. The highest BCUT2D eigenvalue weighted by Gasteiger charge is 2.29. The molecule has 23 heavy (non-hydrogen) atoms. The Hall–Kier alpha value is -0.410. The van der Waals surface area contributed by atoms with Gasteiger partial charge >= 0.3 is 0 Å². The van der Waals surface area contributed by atoms with Crippen LogP contribution in [0.3, 0.4) is 0 Å². The average Bonchev–Trinajstić information content (AvgIpc) is 3.12. The lowest BCUT2D eigenvalue weighted by molar-refractivity contribution is 0.0243. The molecule has 1 unspecified atom stereocenters. The van der Waals surface area contributed by atoms with Crippen molar-refractivity contribution in [2.75, 3.05) is 26.7 Å².